The summed E-state index contributed by atoms with van der Waals surface area (Å²) in [5.41, 5.74) is 0. The minimum atomic E-state index is 0.348. The predicted octanol–water partition coefficient (Wildman–Crippen LogP) is 6.52. The molecule has 0 aromatic heterocycles. The number of rotatable bonds is 24. The maximum atomic E-state index is 8.61. The van der Waals surface area contributed by atoms with E-state index in [0.717, 1.165) is 25.7 Å². The molecule has 4 nitrogen and oxygen atoms in total. The molecule has 4 N–H and O–H groups in total. The van der Waals surface area contributed by atoms with Crippen molar-refractivity contribution in [3.05, 3.63) is 0 Å². The average Bonchev–Trinajstić information content (AvgIpc) is 2.76. The Labute approximate surface area is 188 Å². The smallest absolute Gasteiger partial charge is 0.0431 e. The van der Waals surface area contributed by atoms with E-state index in [1.165, 1.54) is 116 Å². The maximum Gasteiger partial charge on any atom is 0.0431 e. The second-order valence-electron chi connectivity index (χ2n) is 8.67. The lowest BCUT2D eigenvalue weighted by Gasteiger charge is -2.02. The van der Waals surface area contributed by atoms with Crippen LogP contribution in [0, 0.1) is 0 Å². The van der Waals surface area contributed by atoms with Crippen molar-refractivity contribution in [3.8, 4) is 0 Å². The highest BCUT2D eigenvalue weighted by Crippen LogP contribution is 2.12. The minimum absolute atomic E-state index is 0.348. The van der Waals surface area contributed by atoms with E-state index in [1.54, 1.807) is 0 Å². The van der Waals surface area contributed by atoms with Crippen LogP contribution in [-0.4, -0.2) is 46.9 Å². The first-order valence-corrected chi connectivity index (χ1v) is 13.3. The highest BCUT2D eigenvalue weighted by molar-refractivity contribution is 4.49. The van der Waals surface area contributed by atoms with E-state index in [-0.39, 0.29) is 0 Å². The first kappa shape index (κ1) is 32.0. The Morgan fingerprint density at radius 2 is 0.267 bits per heavy atom. The lowest BCUT2D eigenvalue weighted by molar-refractivity contribution is 0.281. The van der Waals surface area contributed by atoms with Crippen LogP contribution in [0.15, 0.2) is 0 Å². The molecule has 0 bridgehead atoms. The van der Waals surface area contributed by atoms with Gasteiger partial charge in [-0.05, 0) is 25.7 Å². The summed E-state index contributed by atoms with van der Waals surface area (Å²) in [5.74, 6) is 0. The summed E-state index contributed by atoms with van der Waals surface area (Å²) in [6.45, 7) is 1.41. The molecule has 0 aliphatic carbocycles. The van der Waals surface area contributed by atoms with Gasteiger partial charge < -0.3 is 20.4 Å². The average molecular weight is 433 g/mol. The SMILES string of the molecule is OCCCCCCCCCCCCCCO.OCCCCCCCCCCCCO. The molecule has 0 spiro atoms. The summed E-state index contributed by atoms with van der Waals surface area (Å²) in [5, 5.41) is 34.4. The lowest BCUT2D eigenvalue weighted by atomic mass is 10.1. The Balaban J connectivity index is 0. The van der Waals surface area contributed by atoms with Crippen LogP contribution in [0.25, 0.3) is 0 Å². The molecule has 0 radical (unpaired) electrons. The van der Waals surface area contributed by atoms with Gasteiger partial charge in [0.05, 0.1) is 0 Å². The van der Waals surface area contributed by atoms with Gasteiger partial charge in [0, 0.05) is 26.4 Å². The quantitative estimate of drug-likeness (QED) is 0.131. The van der Waals surface area contributed by atoms with Gasteiger partial charge in [0.2, 0.25) is 0 Å². The zero-order valence-electron chi connectivity index (χ0n) is 20.2. The molecule has 4 heteroatoms. The molecule has 0 saturated carbocycles. The van der Waals surface area contributed by atoms with Crippen molar-refractivity contribution in [2.45, 2.75) is 141 Å². The van der Waals surface area contributed by atoms with E-state index in [4.69, 9.17) is 20.4 Å². The fourth-order valence-electron chi connectivity index (χ4n) is 3.63. The van der Waals surface area contributed by atoms with E-state index >= 15 is 0 Å². The summed E-state index contributed by atoms with van der Waals surface area (Å²) in [6, 6.07) is 0. The van der Waals surface area contributed by atoms with Crippen molar-refractivity contribution in [3.63, 3.8) is 0 Å². The van der Waals surface area contributed by atoms with Crippen LogP contribution in [0.4, 0.5) is 0 Å². The number of hydrogen-bond acceptors (Lipinski definition) is 4. The molecule has 0 rings (SSSR count). The number of hydrogen-bond donors (Lipinski definition) is 4. The van der Waals surface area contributed by atoms with Gasteiger partial charge in [0.25, 0.3) is 0 Å². The Morgan fingerprint density at radius 3 is 0.367 bits per heavy atom. The van der Waals surface area contributed by atoms with Gasteiger partial charge in [0.15, 0.2) is 0 Å². The third kappa shape index (κ3) is 35.3. The van der Waals surface area contributed by atoms with Crippen LogP contribution in [0.5, 0.6) is 0 Å². The second kappa shape index (κ2) is 33.5. The molecular formula is C26H56O4. The predicted molar refractivity (Wildman–Crippen MR) is 130 cm³/mol. The largest absolute Gasteiger partial charge is 0.396 e. The fourth-order valence-corrected chi connectivity index (χ4v) is 3.63. The molecule has 0 aromatic rings. The molecule has 0 amide bonds. The zero-order chi connectivity index (χ0) is 22.4. The van der Waals surface area contributed by atoms with Gasteiger partial charge in [-0.2, -0.15) is 0 Å². The van der Waals surface area contributed by atoms with Gasteiger partial charge >= 0.3 is 0 Å². The Hall–Kier alpha value is -0.160. The van der Waals surface area contributed by atoms with Crippen LogP contribution in [0.3, 0.4) is 0 Å². The van der Waals surface area contributed by atoms with Crippen LogP contribution in [0.2, 0.25) is 0 Å². The molecule has 0 aliphatic heterocycles. The van der Waals surface area contributed by atoms with Gasteiger partial charge in [-0.3, -0.25) is 0 Å². The second-order valence-corrected chi connectivity index (χ2v) is 8.67. The van der Waals surface area contributed by atoms with Crippen molar-refractivity contribution in [1.82, 2.24) is 0 Å². The topological polar surface area (TPSA) is 80.9 Å². The van der Waals surface area contributed by atoms with Crippen LogP contribution >= 0.6 is 0 Å². The Bertz CT molecular complexity index is 235. The lowest BCUT2D eigenvalue weighted by Crippen LogP contribution is -1.85. The number of aliphatic hydroxyl groups excluding tert-OH is 4. The van der Waals surface area contributed by atoms with E-state index < -0.39 is 0 Å². The monoisotopic (exact) mass is 432 g/mol. The van der Waals surface area contributed by atoms with E-state index in [1.807, 2.05) is 0 Å². The van der Waals surface area contributed by atoms with Gasteiger partial charge in [-0.1, -0.05) is 116 Å². The first-order valence-electron chi connectivity index (χ1n) is 13.3. The normalized spacial score (nSPS) is 10.8. The standard InChI is InChI=1S/C14H30O2.C12H26O2/c15-13-11-9-7-5-3-1-2-4-6-8-10-12-14-16;13-11-9-7-5-3-1-2-4-6-8-10-12-14/h15-16H,1-14H2;13-14H,1-12H2. The summed E-state index contributed by atoms with van der Waals surface area (Å²) in [4.78, 5) is 0. The molecule has 0 aromatic carbocycles. The molecule has 184 valence electrons. The third-order valence-corrected chi connectivity index (χ3v) is 5.63. The summed E-state index contributed by atoms with van der Waals surface area (Å²) < 4.78 is 0. The van der Waals surface area contributed by atoms with E-state index in [9.17, 15) is 0 Å². The molecular weight excluding hydrogens is 376 g/mol. The number of aliphatic hydroxyl groups is 4. The van der Waals surface area contributed by atoms with E-state index in [2.05, 4.69) is 0 Å². The number of unbranched alkanes of at least 4 members (excludes halogenated alkanes) is 20. The molecule has 0 unspecified atom stereocenters. The van der Waals surface area contributed by atoms with Gasteiger partial charge in [-0.15, -0.1) is 0 Å². The van der Waals surface area contributed by atoms with Crippen molar-refractivity contribution in [1.29, 1.82) is 0 Å². The molecule has 0 heterocycles. The highest BCUT2D eigenvalue weighted by atomic mass is 16.3. The van der Waals surface area contributed by atoms with E-state index in [0.29, 0.717) is 26.4 Å². The summed E-state index contributed by atoms with van der Waals surface area (Å²) in [6.07, 6.45) is 27.2. The first-order chi connectivity index (χ1) is 14.8. The third-order valence-electron chi connectivity index (χ3n) is 5.63. The Morgan fingerprint density at radius 1 is 0.167 bits per heavy atom. The molecule has 0 fully saturated rings. The molecule has 0 aliphatic rings. The molecule has 0 atom stereocenters. The van der Waals surface area contributed by atoms with Crippen molar-refractivity contribution < 1.29 is 20.4 Å². The molecule has 0 saturated heterocycles. The van der Waals surface area contributed by atoms with Crippen molar-refractivity contribution >= 4 is 0 Å². The highest BCUT2D eigenvalue weighted by Gasteiger charge is 1.93. The summed E-state index contributed by atoms with van der Waals surface area (Å²) >= 11 is 0. The van der Waals surface area contributed by atoms with Crippen LogP contribution in [0.1, 0.15) is 141 Å². The maximum absolute atomic E-state index is 8.61. The van der Waals surface area contributed by atoms with Crippen molar-refractivity contribution in [2.24, 2.45) is 0 Å². The van der Waals surface area contributed by atoms with Gasteiger partial charge in [0.1, 0.15) is 0 Å². The summed E-state index contributed by atoms with van der Waals surface area (Å²) in [7, 11) is 0. The van der Waals surface area contributed by atoms with Crippen LogP contribution < -0.4 is 0 Å². The Kier molecular flexibility index (Phi) is 35.7. The fraction of sp³-hybridized carbons (Fsp3) is 1.00. The minimum Gasteiger partial charge on any atom is -0.396 e. The van der Waals surface area contributed by atoms with Gasteiger partial charge in [-0.25, -0.2) is 0 Å². The van der Waals surface area contributed by atoms with Crippen LogP contribution in [-0.2, 0) is 0 Å². The zero-order valence-corrected chi connectivity index (χ0v) is 20.2. The van der Waals surface area contributed by atoms with Crippen molar-refractivity contribution in [2.75, 3.05) is 26.4 Å². The molecule has 30 heavy (non-hydrogen) atoms.